The van der Waals surface area contributed by atoms with Crippen molar-refractivity contribution in [3.63, 3.8) is 0 Å². The van der Waals surface area contributed by atoms with Crippen LogP contribution in [0, 0.1) is 11.7 Å². The Balaban J connectivity index is 2.35. The average molecular weight is 277 g/mol. The van der Waals surface area contributed by atoms with Crippen LogP contribution in [0.2, 0.25) is 0 Å². The molecule has 2 nitrogen and oxygen atoms in total. The van der Waals surface area contributed by atoms with Crippen molar-refractivity contribution >= 4 is 0 Å². The highest BCUT2D eigenvalue weighted by Crippen LogP contribution is 2.35. The highest BCUT2D eigenvalue weighted by atomic mass is 19.4. The van der Waals surface area contributed by atoms with Crippen LogP contribution in [0.25, 0.3) is 0 Å². The van der Waals surface area contributed by atoms with Crippen LogP contribution < -0.4 is 5.32 Å². The fourth-order valence-electron chi connectivity index (χ4n) is 2.42. The number of halogens is 4. The molecule has 6 heteroatoms. The summed E-state index contributed by atoms with van der Waals surface area (Å²) in [6.07, 6.45) is -3.76. The van der Waals surface area contributed by atoms with E-state index in [1.807, 2.05) is 0 Å². The quantitative estimate of drug-likeness (QED) is 0.857. The zero-order valence-electron chi connectivity index (χ0n) is 10.4. The molecule has 0 aromatic heterocycles. The van der Waals surface area contributed by atoms with Crippen molar-refractivity contribution < 1.29 is 22.3 Å². The van der Waals surface area contributed by atoms with Gasteiger partial charge in [-0.25, -0.2) is 4.39 Å². The number of ether oxygens (including phenoxy) is 1. The number of alkyl halides is 3. The molecule has 1 fully saturated rings. The molecule has 1 aromatic carbocycles. The first kappa shape index (κ1) is 14.3. The van der Waals surface area contributed by atoms with Crippen LogP contribution >= 0.6 is 0 Å². The molecule has 0 bridgehead atoms. The van der Waals surface area contributed by atoms with Crippen LogP contribution in [0.1, 0.15) is 23.6 Å². The summed E-state index contributed by atoms with van der Waals surface area (Å²) in [5.41, 5.74) is -0.782. The maximum absolute atomic E-state index is 13.8. The predicted molar refractivity (Wildman–Crippen MR) is 62.1 cm³/mol. The molecule has 1 aliphatic heterocycles. The van der Waals surface area contributed by atoms with Gasteiger partial charge in [-0.1, -0.05) is 0 Å². The van der Waals surface area contributed by atoms with Gasteiger partial charge in [0.1, 0.15) is 5.82 Å². The normalized spacial score (nSPS) is 21.6. The van der Waals surface area contributed by atoms with Gasteiger partial charge in [-0.3, -0.25) is 0 Å². The van der Waals surface area contributed by atoms with Crippen LogP contribution in [0.5, 0.6) is 0 Å². The molecule has 0 aliphatic carbocycles. The SMILES string of the molecule is CNC(c1cc(C(F)(F)F)ccc1F)C1CCOC1. The van der Waals surface area contributed by atoms with Crippen molar-refractivity contribution in [3.8, 4) is 0 Å². The van der Waals surface area contributed by atoms with E-state index in [1.165, 1.54) is 0 Å². The molecule has 19 heavy (non-hydrogen) atoms. The highest BCUT2D eigenvalue weighted by Gasteiger charge is 2.34. The maximum atomic E-state index is 13.8. The van der Waals surface area contributed by atoms with Crippen molar-refractivity contribution in [2.24, 2.45) is 5.92 Å². The maximum Gasteiger partial charge on any atom is 0.416 e. The molecule has 0 spiro atoms. The molecule has 2 atom stereocenters. The van der Waals surface area contributed by atoms with Gasteiger partial charge in [0.2, 0.25) is 0 Å². The van der Waals surface area contributed by atoms with E-state index >= 15 is 0 Å². The zero-order chi connectivity index (χ0) is 14.0. The van der Waals surface area contributed by atoms with E-state index < -0.39 is 23.6 Å². The van der Waals surface area contributed by atoms with Gasteiger partial charge in [-0.15, -0.1) is 0 Å². The minimum absolute atomic E-state index is 0.0111. The third-order valence-corrected chi connectivity index (χ3v) is 3.41. The Morgan fingerprint density at radius 1 is 1.37 bits per heavy atom. The molecule has 2 unspecified atom stereocenters. The van der Waals surface area contributed by atoms with Crippen LogP contribution in [-0.4, -0.2) is 20.3 Å². The van der Waals surface area contributed by atoms with Gasteiger partial charge in [0.15, 0.2) is 0 Å². The molecule has 1 heterocycles. The van der Waals surface area contributed by atoms with Gasteiger partial charge in [0.05, 0.1) is 12.2 Å². The molecule has 0 radical (unpaired) electrons. The summed E-state index contributed by atoms with van der Waals surface area (Å²) >= 11 is 0. The minimum atomic E-state index is -4.47. The zero-order valence-corrected chi connectivity index (χ0v) is 10.4. The second kappa shape index (κ2) is 5.46. The molecular weight excluding hydrogens is 262 g/mol. The molecule has 1 saturated heterocycles. The van der Waals surface area contributed by atoms with Gasteiger partial charge in [0, 0.05) is 24.1 Å². The van der Waals surface area contributed by atoms with E-state index in [0.29, 0.717) is 19.6 Å². The minimum Gasteiger partial charge on any atom is -0.381 e. The Labute approximate surface area is 108 Å². The van der Waals surface area contributed by atoms with Crippen LogP contribution in [0.3, 0.4) is 0 Å². The summed E-state index contributed by atoms with van der Waals surface area (Å²) in [6.45, 7) is 0.991. The second-order valence-electron chi connectivity index (χ2n) is 4.62. The number of benzene rings is 1. The molecule has 2 rings (SSSR count). The lowest BCUT2D eigenvalue weighted by Crippen LogP contribution is -2.27. The predicted octanol–water partition coefficient (Wildman–Crippen LogP) is 3.14. The second-order valence-corrected chi connectivity index (χ2v) is 4.62. The van der Waals surface area contributed by atoms with Gasteiger partial charge < -0.3 is 10.1 Å². The van der Waals surface area contributed by atoms with Crippen molar-refractivity contribution in [1.29, 1.82) is 0 Å². The first-order valence-electron chi connectivity index (χ1n) is 6.05. The number of rotatable bonds is 3. The fraction of sp³-hybridized carbons (Fsp3) is 0.538. The molecule has 0 saturated carbocycles. The largest absolute Gasteiger partial charge is 0.416 e. The lowest BCUT2D eigenvalue weighted by atomic mass is 9.91. The lowest BCUT2D eigenvalue weighted by molar-refractivity contribution is -0.137. The molecule has 1 aliphatic rings. The van der Waals surface area contributed by atoms with Crippen molar-refractivity contribution in [2.45, 2.75) is 18.6 Å². The Kier molecular flexibility index (Phi) is 4.10. The van der Waals surface area contributed by atoms with Crippen molar-refractivity contribution in [2.75, 3.05) is 20.3 Å². The number of nitrogens with one attached hydrogen (secondary N) is 1. The summed E-state index contributed by atoms with van der Waals surface area (Å²) in [5.74, 6) is -0.637. The van der Waals surface area contributed by atoms with Gasteiger partial charge in [-0.05, 0) is 31.7 Å². The topological polar surface area (TPSA) is 21.3 Å². The van der Waals surface area contributed by atoms with Crippen LogP contribution in [-0.2, 0) is 10.9 Å². The highest BCUT2D eigenvalue weighted by molar-refractivity contribution is 5.30. The molecule has 1 N–H and O–H groups in total. The Morgan fingerprint density at radius 2 is 2.11 bits per heavy atom. The van der Waals surface area contributed by atoms with E-state index in [4.69, 9.17) is 4.74 Å². The van der Waals surface area contributed by atoms with E-state index in [9.17, 15) is 17.6 Å². The third-order valence-electron chi connectivity index (χ3n) is 3.41. The Morgan fingerprint density at radius 3 is 2.63 bits per heavy atom. The average Bonchev–Trinajstić information content (AvgIpc) is 2.84. The smallest absolute Gasteiger partial charge is 0.381 e. The standard InChI is InChI=1S/C13H15F4NO/c1-18-12(8-4-5-19-7-8)10-6-9(13(15,16)17)2-3-11(10)14/h2-3,6,8,12,18H,4-5,7H2,1H3. The monoisotopic (exact) mass is 277 g/mol. The van der Waals surface area contributed by atoms with Crippen LogP contribution in [0.4, 0.5) is 17.6 Å². The number of hydrogen-bond acceptors (Lipinski definition) is 2. The fourth-order valence-corrected chi connectivity index (χ4v) is 2.42. The number of hydrogen-bond donors (Lipinski definition) is 1. The first-order chi connectivity index (χ1) is 8.93. The Hall–Kier alpha value is -1.14. The molecule has 1 aromatic rings. The van der Waals surface area contributed by atoms with E-state index in [2.05, 4.69) is 5.32 Å². The summed E-state index contributed by atoms with van der Waals surface area (Å²) < 4.78 is 57.0. The molecule has 106 valence electrons. The third kappa shape index (κ3) is 3.06. The van der Waals surface area contributed by atoms with E-state index in [0.717, 1.165) is 18.2 Å². The first-order valence-corrected chi connectivity index (χ1v) is 6.05. The van der Waals surface area contributed by atoms with Gasteiger partial charge >= 0.3 is 6.18 Å². The van der Waals surface area contributed by atoms with Crippen molar-refractivity contribution in [3.05, 3.63) is 35.1 Å². The van der Waals surface area contributed by atoms with Crippen LogP contribution in [0.15, 0.2) is 18.2 Å². The van der Waals surface area contributed by atoms with Gasteiger partial charge in [-0.2, -0.15) is 13.2 Å². The summed E-state index contributed by atoms with van der Waals surface area (Å²) in [5, 5.41) is 2.89. The summed E-state index contributed by atoms with van der Waals surface area (Å²) in [7, 11) is 1.61. The molecule has 0 amide bonds. The lowest BCUT2D eigenvalue weighted by Gasteiger charge is -2.23. The summed E-state index contributed by atoms with van der Waals surface area (Å²) in [4.78, 5) is 0. The summed E-state index contributed by atoms with van der Waals surface area (Å²) in [6, 6.07) is 2.05. The van der Waals surface area contributed by atoms with Crippen molar-refractivity contribution in [1.82, 2.24) is 5.32 Å². The van der Waals surface area contributed by atoms with E-state index in [1.54, 1.807) is 7.05 Å². The van der Waals surface area contributed by atoms with Gasteiger partial charge in [0.25, 0.3) is 0 Å². The Bertz CT molecular complexity index is 441. The van der Waals surface area contributed by atoms with E-state index in [-0.39, 0.29) is 11.5 Å². The molecular formula is C13H15F4NO.